The smallest absolute Gasteiger partial charge is 0.269 e. The second-order valence-electron chi connectivity index (χ2n) is 4.50. The monoisotopic (exact) mass is 275 g/mol. The number of rotatable bonds is 3. The van der Waals surface area contributed by atoms with Crippen LogP contribution in [-0.4, -0.2) is 16.5 Å². The Bertz CT molecular complexity index is 583. The van der Waals surface area contributed by atoms with Crippen LogP contribution in [-0.2, 0) is 19.4 Å². The van der Waals surface area contributed by atoms with Crippen LogP contribution in [0, 0.1) is 10.1 Å². The van der Waals surface area contributed by atoms with Crippen LogP contribution in [0.4, 0.5) is 5.69 Å². The van der Waals surface area contributed by atoms with E-state index < -0.39 is 0 Å². The Balaban J connectivity index is 1.77. The maximum Gasteiger partial charge on any atom is 0.269 e. The molecule has 1 aromatic carbocycles. The fraction of sp³-hybridized carbons (Fsp3) is 0.308. The molecule has 2 aromatic rings. The summed E-state index contributed by atoms with van der Waals surface area (Å²) in [5, 5.41) is 15.0. The Morgan fingerprint density at radius 3 is 2.84 bits per heavy atom. The second-order valence-corrected chi connectivity index (χ2v) is 5.67. The van der Waals surface area contributed by atoms with Gasteiger partial charge in [-0.15, -0.1) is 11.3 Å². The highest BCUT2D eigenvalue weighted by molar-refractivity contribution is 7.11. The zero-order valence-electron chi connectivity index (χ0n) is 10.3. The summed E-state index contributed by atoms with van der Waals surface area (Å²) in [6.45, 7) is 1.90. The number of hydrogen-bond acceptors (Lipinski definition) is 5. The van der Waals surface area contributed by atoms with E-state index in [-0.39, 0.29) is 10.6 Å². The topological polar surface area (TPSA) is 68.1 Å². The molecule has 0 saturated heterocycles. The van der Waals surface area contributed by atoms with Gasteiger partial charge in [-0.05, 0) is 5.56 Å². The first-order valence-electron chi connectivity index (χ1n) is 6.14. The number of nitrogens with one attached hydrogen (secondary N) is 1. The number of nitro groups is 1. The first kappa shape index (κ1) is 12.3. The molecule has 1 N–H and O–H groups in total. The third-order valence-electron chi connectivity index (χ3n) is 3.15. The van der Waals surface area contributed by atoms with E-state index in [4.69, 9.17) is 0 Å². The SMILES string of the molecule is O=[N+]([O-])c1ccc(Cc2nc3c(s2)CNCC3)cc1. The third-order valence-corrected chi connectivity index (χ3v) is 4.25. The molecular weight excluding hydrogens is 262 g/mol. The summed E-state index contributed by atoms with van der Waals surface area (Å²) < 4.78 is 0. The third kappa shape index (κ3) is 2.64. The van der Waals surface area contributed by atoms with Crippen LogP contribution in [0.2, 0.25) is 0 Å². The van der Waals surface area contributed by atoms with E-state index in [1.54, 1.807) is 35.6 Å². The molecule has 0 radical (unpaired) electrons. The van der Waals surface area contributed by atoms with Crippen LogP contribution in [0.25, 0.3) is 0 Å². The van der Waals surface area contributed by atoms with Crippen molar-refractivity contribution < 1.29 is 4.92 Å². The molecule has 0 aliphatic carbocycles. The van der Waals surface area contributed by atoms with E-state index in [1.165, 1.54) is 10.6 Å². The van der Waals surface area contributed by atoms with Gasteiger partial charge >= 0.3 is 0 Å². The molecule has 1 aromatic heterocycles. The van der Waals surface area contributed by atoms with Gasteiger partial charge in [0.2, 0.25) is 0 Å². The van der Waals surface area contributed by atoms with Crippen LogP contribution in [0.15, 0.2) is 24.3 Å². The van der Waals surface area contributed by atoms with E-state index in [9.17, 15) is 10.1 Å². The van der Waals surface area contributed by atoms with Crippen molar-refractivity contribution in [3.63, 3.8) is 0 Å². The van der Waals surface area contributed by atoms with E-state index in [2.05, 4.69) is 10.3 Å². The number of thiazole rings is 1. The van der Waals surface area contributed by atoms with Gasteiger partial charge in [-0.25, -0.2) is 4.98 Å². The van der Waals surface area contributed by atoms with Gasteiger partial charge in [-0.1, -0.05) is 12.1 Å². The van der Waals surface area contributed by atoms with Gasteiger partial charge < -0.3 is 5.32 Å². The molecule has 1 aliphatic rings. The van der Waals surface area contributed by atoms with Crippen molar-refractivity contribution >= 4 is 17.0 Å². The predicted molar refractivity (Wildman–Crippen MR) is 73.4 cm³/mol. The van der Waals surface area contributed by atoms with Crippen LogP contribution < -0.4 is 5.32 Å². The summed E-state index contributed by atoms with van der Waals surface area (Å²) in [7, 11) is 0. The molecule has 5 nitrogen and oxygen atoms in total. The largest absolute Gasteiger partial charge is 0.311 e. The minimum Gasteiger partial charge on any atom is -0.311 e. The molecule has 6 heteroatoms. The highest BCUT2D eigenvalue weighted by Gasteiger charge is 2.15. The Morgan fingerprint density at radius 1 is 1.37 bits per heavy atom. The normalized spacial score (nSPS) is 14.1. The highest BCUT2D eigenvalue weighted by atomic mass is 32.1. The quantitative estimate of drug-likeness (QED) is 0.689. The lowest BCUT2D eigenvalue weighted by atomic mass is 10.1. The van der Waals surface area contributed by atoms with Crippen molar-refractivity contribution in [2.45, 2.75) is 19.4 Å². The van der Waals surface area contributed by atoms with Crippen molar-refractivity contribution in [2.75, 3.05) is 6.54 Å². The van der Waals surface area contributed by atoms with Gasteiger partial charge in [0.15, 0.2) is 0 Å². The van der Waals surface area contributed by atoms with Gasteiger partial charge in [0.25, 0.3) is 5.69 Å². The zero-order chi connectivity index (χ0) is 13.2. The maximum absolute atomic E-state index is 10.6. The number of non-ortho nitro benzene ring substituents is 1. The molecule has 0 bridgehead atoms. The molecule has 1 aliphatic heterocycles. The van der Waals surface area contributed by atoms with Gasteiger partial charge in [0.1, 0.15) is 0 Å². The number of aromatic nitrogens is 1. The fourth-order valence-corrected chi connectivity index (χ4v) is 3.28. The van der Waals surface area contributed by atoms with Gasteiger partial charge in [0, 0.05) is 42.9 Å². The molecule has 2 heterocycles. The average Bonchev–Trinajstić information content (AvgIpc) is 2.81. The molecule has 0 fully saturated rings. The number of fused-ring (bicyclic) bond motifs is 1. The minimum atomic E-state index is -0.377. The van der Waals surface area contributed by atoms with E-state index in [0.29, 0.717) is 0 Å². The van der Waals surface area contributed by atoms with Crippen LogP contribution in [0.3, 0.4) is 0 Å². The average molecular weight is 275 g/mol. The summed E-state index contributed by atoms with van der Waals surface area (Å²) in [6, 6.07) is 6.70. The van der Waals surface area contributed by atoms with Crippen LogP contribution in [0.1, 0.15) is 21.1 Å². The Labute approximate surface area is 114 Å². The highest BCUT2D eigenvalue weighted by Crippen LogP contribution is 2.24. The summed E-state index contributed by atoms with van der Waals surface area (Å²) in [4.78, 5) is 16.2. The summed E-state index contributed by atoms with van der Waals surface area (Å²) in [5.41, 5.74) is 2.40. The zero-order valence-corrected chi connectivity index (χ0v) is 11.1. The molecule has 3 rings (SSSR count). The summed E-state index contributed by atoms with van der Waals surface area (Å²) in [6.07, 6.45) is 1.74. The Hall–Kier alpha value is -1.79. The van der Waals surface area contributed by atoms with Crippen molar-refractivity contribution in [3.8, 4) is 0 Å². The van der Waals surface area contributed by atoms with E-state index in [1.807, 2.05) is 0 Å². The molecule has 19 heavy (non-hydrogen) atoms. The minimum absolute atomic E-state index is 0.131. The standard InChI is InChI=1S/C13H13N3O2S/c17-16(18)10-3-1-9(2-4-10)7-13-15-11-5-6-14-8-12(11)19-13/h1-4,14H,5-8H2. The van der Waals surface area contributed by atoms with Gasteiger partial charge in [-0.2, -0.15) is 0 Å². The fourth-order valence-electron chi connectivity index (χ4n) is 2.16. The molecule has 0 spiro atoms. The first-order valence-corrected chi connectivity index (χ1v) is 6.95. The molecule has 98 valence electrons. The molecule has 0 atom stereocenters. The van der Waals surface area contributed by atoms with Crippen molar-refractivity contribution in [1.82, 2.24) is 10.3 Å². The first-order chi connectivity index (χ1) is 9.22. The lowest BCUT2D eigenvalue weighted by Gasteiger charge is -2.09. The van der Waals surface area contributed by atoms with Gasteiger partial charge in [-0.3, -0.25) is 10.1 Å². The Morgan fingerprint density at radius 2 is 2.16 bits per heavy atom. The van der Waals surface area contributed by atoms with Crippen LogP contribution in [0.5, 0.6) is 0 Å². The summed E-state index contributed by atoms with van der Waals surface area (Å²) in [5.74, 6) is 0. The predicted octanol–water partition coefficient (Wildman–Crippen LogP) is 2.29. The molecule has 0 unspecified atom stereocenters. The van der Waals surface area contributed by atoms with Crippen molar-refractivity contribution in [2.24, 2.45) is 0 Å². The Kier molecular flexibility index (Phi) is 3.27. The van der Waals surface area contributed by atoms with Crippen LogP contribution >= 0.6 is 11.3 Å². The number of benzene rings is 1. The van der Waals surface area contributed by atoms with Crippen molar-refractivity contribution in [3.05, 3.63) is 55.5 Å². The number of hydrogen-bond donors (Lipinski definition) is 1. The lowest BCUT2D eigenvalue weighted by Crippen LogP contribution is -2.22. The second kappa shape index (κ2) is 5.07. The summed E-state index contributed by atoms with van der Waals surface area (Å²) >= 11 is 1.73. The van der Waals surface area contributed by atoms with Crippen molar-refractivity contribution in [1.29, 1.82) is 0 Å². The maximum atomic E-state index is 10.6. The molecular formula is C13H13N3O2S. The molecule has 0 amide bonds. The lowest BCUT2D eigenvalue weighted by molar-refractivity contribution is -0.384. The van der Waals surface area contributed by atoms with E-state index >= 15 is 0 Å². The van der Waals surface area contributed by atoms with E-state index in [0.717, 1.165) is 36.5 Å². The number of nitrogens with zero attached hydrogens (tertiary/aromatic N) is 2. The number of nitro benzene ring substituents is 1. The molecule has 0 saturated carbocycles. The van der Waals surface area contributed by atoms with Gasteiger partial charge in [0.05, 0.1) is 15.6 Å².